The second-order valence-electron chi connectivity index (χ2n) is 12.2. The molecule has 0 aliphatic carbocycles. The van der Waals surface area contributed by atoms with E-state index in [1.54, 1.807) is 0 Å². The van der Waals surface area contributed by atoms with Crippen LogP contribution in [0.1, 0.15) is 44.5 Å². The quantitative estimate of drug-likeness (QED) is 0.141. The Morgan fingerprint density at radius 1 is 0.207 bits per heavy atom. The van der Waals surface area contributed by atoms with Gasteiger partial charge < -0.3 is 0 Å². The van der Waals surface area contributed by atoms with Crippen molar-refractivity contribution in [3.8, 4) is 0 Å². The molecule has 0 aromatic heterocycles. The van der Waals surface area contributed by atoms with Gasteiger partial charge in [0.05, 0.1) is 44.5 Å². The second-order valence-corrected chi connectivity index (χ2v) is 12.2. The van der Waals surface area contributed by atoms with Crippen molar-refractivity contribution in [2.45, 2.75) is 49.4 Å². The maximum absolute atomic E-state index is 14.2. The Labute approximate surface area is 322 Å². The maximum Gasteiger partial charge on any atom is 1.00 e. The van der Waals surface area contributed by atoms with Crippen LogP contribution in [0.4, 0.5) is 105 Å². The summed E-state index contributed by atoms with van der Waals surface area (Å²) in [4.78, 5) is 0. The minimum Gasteiger partial charge on any atom is -0.194 e. The summed E-state index contributed by atoms with van der Waals surface area (Å²) in [5, 5.41) is 0. The van der Waals surface area contributed by atoms with Gasteiger partial charge in [-0.1, -0.05) is 48.5 Å². The summed E-state index contributed by atoms with van der Waals surface area (Å²) in [6.07, 6.45) is -54.8. The first kappa shape index (κ1) is 48.4. The molecule has 0 atom stereocenters. The number of halogens is 24. The fourth-order valence-electron chi connectivity index (χ4n) is 6.07. The minimum atomic E-state index is -6.13. The van der Waals surface area contributed by atoms with E-state index in [9.17, 15) is 105 Å². The van der Waals surface area contributed by atoms with Gasteiger partial charge in [0, 0.05) is 0 Å². The number of hydrogen-bond donors (Lipinski definition) is 0. The third kappa shape index (κ3) is 10.1. The van der Waals surface area contributed by atoms with E-state index in [-0.39, 0.29) is 22.4 Å². The molecule has 0 radical (unpaired) electrons. The van der Waals surface area contributed by atoms with Crippen LogP contribution in [-0.4, -0.2) is 6.15 Å². The van der Waals surface area contributed by atoms with Gasteiger partial charge in [-0.2, -0.15) is 127 Å². The van der Waals surface area contributed by atoms with E-state index in [1.165, 1.54) is 0 Å². The Bertz CT molecular complexity index is 1700. The van der Waals surface area contributed by atoms with Crippen molar-refractivity contribution in [3.05, 3.63) is 117 Å². The van der Waals surface area contributed by atoms with E-state index in [4.69, 9.17) is 0 Å². The molecule has 322 valence electrons. The van der Waals surface area contributed by atoms with E-state index in [1.807, 2.05) is 0 Å². The first-order valence-electron chi connectivity index (χ1n) is 14.6. The Kier molecular flexibility index (Phi) is 12.4. The molecule has 0 amide bonds. The molecule has 0 saturated carbocycles. The Balaban J connectivity index is 0.00000900. The zero-order valence-corrected chi connectivity index (χ0v) is 28.4. The molecule has 4 rings (SSSR count). The molecule has 0 nitrogen and oxygen atoms in total. The van der Waals surface area contributed by atoms with Crippen LogP contribution in [0.25, 0.3) is 0 Å². The molecule has 4 aromatic rings. The van der Waals surface area contributed by atoms with Crippen LogP contribution in [-0.2, 0) is 71.8 Å². The largest absolute Gasteiger partial charge is 1.00 e. The summed E-state index contributed by atoms with van der Waals surface area (Å²) in [5.74, 6) is 0. The molecule has 0 fully saturated rings. The average Bonchev–Trinajstić information content (AvgIpc) is 3.01. The Hall–Kier alpha value is -3.99. The van der Waals surface area contributed by atoms with Crippen molar-refractivity contribution in [1.82, 2.24) is 0 Å². The van der Waals surface area contributed by atoms with Gasteiger partial charge >= 0.3 is 71.8 Å². The molecule has 0 aliphatic rings. The van der Waals surface area contributed by atoms with E-state index in [0.29, 0.717) is 0 Å². The Morgan fingerprint density at radius 3 is 0.397 bits per heavy atom. The zero-order valence-electron chi connectivity index (χ0n) is 26.9. The van der Waals surface area contributed by atoms with Crippen LogP contribution < -0.4 is 21.9 Å². The van der Waals surface area contributed by atoms with E-state index in [2.05, 4.69) is 0 Å². The monoisotopic (exact) mass is 970 g/mol. The van der Waals surface area contributed by atoms with Crippen LogP contribution in [0.3, 0.4) is 0 Å². The van der Waals surface area contributed by atoms with Crippen LogP contribution >= 0.6 is 0 Å². The summed E-state index contributed by atoms with van der Waals surface area (Å²) < 4.78 is 341. The SMILES string of the molecule is FC(F)(F)c1cc([B-](c2cc(C(F)(F)F)cc(C(F)(F)F)c2)(c2cc(C(F)(F)F)cc(C(F)(F)F)c2)c2cc(C(F)(F)F)cc(C(F)(F)F)c2)cc(C(F)(F)F)c1.[Ag+]. The molecule has 0 unspecified atom stereocenters. The van der Waals surface area contributed by atoms with Gasteiger partial charge in [-0.3, -0.25) is 0 Å². The zero-order chi connectivity index (χ0) is 43.9. The van der Waals surface area contributed by atoms with E-state index in [0.717, 1.165) is 0 Å². The smallest absolute Gasteiger partial charge is 0.194 e. The van der Waals surface area contributed by atoms with E-state index >= 15 is 0 Å². The fraction of sp³-hybridized carbons (Fsp3) is 0.250. The maximum atomic E-state index is 14.2. The van der Waals surface area contributed by atoms with Crippen LogP contribution in [0.15, 0.2) is 72.8 Å². The summed E-state index contributed by atoms with van der Waals surface area (Å²) >= 11 is 0. The average molecular weight is 971 g/mol. The number of alkyl halides is 24. The second kappa shape index (κ2) is 14.9. The van der Waals surface area contributed by atoms with Crippen LogP contribution in [0.5, 0.6) is 0 Å². The van der Waals surface area contributed by atoms with Crippen LogP contribution in [0.2, 0.25) is 0 Å². The van der Waals surface area contributed by atoms with Crippen molar-refractivity contribution in [2.75, 3.05) is 0 Å². The van der Waals surface area contributed by atoms with Gasteiger partial charge in [0.1, 0.15) is 6.15 Å². The first-order chi connectivity index (χ1) is 25.3. The molecule has 0 bridgehead atoms. The number of hydrogen-bond acceptors (Lipinski definition) is 0. The summed E-state index contributed by atoms with van der Waals surface area (Å²) in [6, 6.07) is -8.81. The van der Waals surface area contributed by atoms with Crippen molar-refractivity contribution in [1.29, 1.82) is 0 Å². The van der Waals surface area contributed by atoms with Gasteiger partial charge in [-0.05, 0) is 24.3 Å². The normalized spacial score (nSPS) is 14.1. The molecule has 0 N–H and O–H groups in total. The van der Waals surface area contributed by atoms with E-state index < -0.39 is 195 Å². The van der Waals surface area contributed by atoms with Crippen molar-refractivity contribution >= 4 is 28.0 Å². The molecule has 0 heterocycles. The van der Waals surface area contributed by atoms with Gasteiger partial charge in [-0.25, -0.2) is 0 Å². The molecular formula is C32H12AgBF24. The topological polar surface area (TPSA) is 0 Å². The molecule has 0 saturated heterocycles. The molecule has 0 spiro atoms. The number of benzene rings is 4. The molecule has 4 aromatic carbocycles. The molecule has 26 heteroatoms. The predicted molar refractivity (Wildman–Crippen MR) is 150 cm³/mol. The fourth-order valence-corrected chi connectivity index (χ4v) is 6.07. The van der Waals surface area contributed by atoms with Crippen molar-refractivity contribution in [2.24, 2.45) is 0 Å². The van der Waals surface area contributed by atoms with Crippen molar-refractivity contribution in [3.63, 3.8) is 0 Å². The minimum absolute atomic E-state index is 0. The van der Waals surface area contributed by atoms with Crippen LogP contribution in [0, 0.1) is 0 Å². The third-order valence-corrected chi connectivity index (χ3v) is 8.44. The van der Waals surface area contributed by atoms with Gasteiger partial charge in [0.2, 0.25) is 0 Å². The first-order valence-corrected chi connectivity index (χ1v) is 14.6. The van der Waals surface area contributed by atoms with Crippen molar-refractivity contribution < 1.29 is 128 Å². The summed E-state index contributed by atoms with van der Waals surface area (Å²) in [7, 11) is 0. The predicted octanol–water partition coefficient (Wildman–Crippen LogP) is 11.2. The standard InChI is InChI=1S/C32H12BF24.Ag/c34-25(35,36)13-1-14(26(37,38)39)6-21(5-13)33(22-7-15(27(40,41)42)2-16(8-22)28(43,44)45,23-9-17(29(46,47)48)3-18(10-23)30(49,50)51)24-11-19(31(52,53)54)4-20(12-24)32(55,56)57;/h1-12H;/q-1;+1. The Morgan fingerprint density at radius 2 is 0.310 bits per heavy atom. The van der Waals surface area contributed by atoms with Gasteiger partial charge in [0.15, 0.2) is 0 Å². The molecule has 58 heavy (non-hydrogen) atoms. The molecule has 0 aliphatic heterocycles. The van der Waals surface area contributed by atoms with Gasteiger partial charge in [-0.15, -0.1) is 0 Å². The summed E-state index contributed by atoms with van der Waals surface area (Å²) in [5.41, 5.74) is -30.2. The molecular weight excluding hydrogens is 959 g/mol. The summed E-state index contributed by atoms with van der Waals surface area (Å²) in [6.45, 7) is 0. The third-order valence-electron chi connectivity index (χ3n) is 8.44. The van der Waals surface area contributed by atoms with Gasteiger partial charge in [0.25, 0.3) is 0 Å². The number of rotatable bonds is 4.